The molecule has 0 radical (unpaired) electrons. The molecule has 0 unspecified atom stereocenters. The first-order chi connectivity index (χ1) is 5.63. The SMILES string of the molecule is ClC(Cl)C[SiH2]CC[SiH2]CC(Cl)Cl. The minimum absolute atomic E-state index is 0.00362. The highest BCUT2D eigenvalue weighted by Gasteiger charge is 2.01. The zero-order valence-electron chi connectivity index (χ0n) is 6.91. The summed E-state index contributed by atoms with van der Waals surface area (Å²) in [6.07, 6.45) is 0. The largest absolute Gasteiger partial charge is 0.106 e. The van der Waals surface area contributed by atoms with Crippen molar-refractivity contribution in [1.82, 2.24) is 0 Å². The van der Waals surface area contributed by atoms with Crippen molar-refractivity contribution in [2.75, 3.05) is 0 Å². The molecule has 0 aliphatic rings. The molecule has 0 aromatic heterocycles. The molecule has 0 heterocycles. The molecule has 0 bridgehead atoms. The van der Waals surface area contributed by atoms with E-state index in [4.69, 9.17) is 46.4 Å². The van der Waals surface area contributed by atoms with Crippen molar-refractivity contribution < 1.29 is 0 Å². The number of halogens is 4. The Balaban J connectivity index is 2.91. The average Bonchev–Trinajstić information content (AvgIpc) is 1.95. The molecule has 0 spiro atoms. The summed E-state index contributed by atoms with van der Waals surface area (Å²) in [5, 5.41) is 0. The minimum Gasteiger partial charge on any atom is -0.106 e. The van der Waals surface area contributed by atoms with Gasteiger partial charge in [0.1, 0.15) is 9.67 Å². The van der Waals surface area contributed by atoms with Crippen LogP contribution in [0.4, 0.5) is 0 Å². The van der Waals surface area contributed by atoms with Gasteiger partial charge in [0.05, 0.1) is 0 Å². The third-order valence-corrected chi connectivity index (χ3v) is 8.90. The van der Waals surface area contributed by atoms with E-state index in [1.165, 1.54) is 12.1 Å². The van der Waals surface area contributed by atoms with Crippen molar-refractivity contribution in [3.63, 3.8) is 0 Å². The van der Waals surface area contributed by atoms with E-state index in [0.29, 0.717) is 0 Å². The lowest BCUT2D eigenvalue weighted by atomic mass is 10.9. The van der Waals surface area contributed by atoms with Gasteiger partial charge in [-0.25, -0.2) is 0 Å². The predicted molar refractivity (Wildman–Crippen MR) is 67.3 cm³/mol. The molecule has 0 aliphatic carbocycles. The van der Waals surface area contributed by atoms with Crippen LogP contribution in [-0.2, 0) is 0 Å². The average molecular weight is 284 g/mol. The molecule has 0 atom stereocenters. The molecule has 0 aliphatic heterocycles. The normalized spacial score (nSPS) is 13.5. The monoisotopic (exact) mass is 282 g/mol. The summed E-state index contributed by atoms with van der Waals surface area (Å²) in [7, 11) is 0.00724. The first-order valence-corrected chi connectivity index (χ1v) is 9.94. The van der Waals surface area contributed by atoms with Gasteiger partial charge in [-0.05, 0) is 12.1 Å². The summed E-state index contributed by atoms with van der Waals surface area (Å²) >= 11 is 22.4. The molecule has 0 amide bonds. The molecule has 0 aromatic carbocycles. The van der Waals surface area contributed by atoms with Crippen molar-refractivity contribution in [2.45, 2.75) is 33.8 Å². The van der Waals surface area contributed by atoms with E-state index in [9.17, 15) is 0 Å². The minimum atomic E-state index is -0.132. The summed E-state index contributed by atoms with van der Waals surface area (Å²) in [6.45, 7) is 0. The fraction of sp³-hybridized carbons (Fsp3) is 1.00. The maximum absolute atomic E-state index is 5.61. The van der Waals surface area contributed by atoms with Crippen LogP contribution in [0.15, 0.2) is 0 Å². The van der Waals surface area contributed by atoms with E-state index in [1.807, 2.05) is 0 Å². The number of hydrogen-bond donors (Lipinski definition) is 0. The topological polar surface area (TPSA) is 0 Å². The van der Waals surface area contributed by atoms with Crippen LogP contribution in [0.5, 0.6) is 0 Å². The van der Waals surface area contributed by atoms with E-state index in [2.05, 4.69) is 0 Å². The van der Waals surface area contributed by atoms with Crippen LogP contribution in [0.25, 0.3) is 0 Å². The summed E-state index contributed by atoms with van der Waals surface area (Å²) in [6, 6.07) is 4.82. The van der Waals surface area contributed by atoms with E-state index in [0.717, 1.165) is 12.1 Å². The second-order valence-corrected chi connectivity index (χ2v) is 9.31. The third-order valence-electron chi connectivity index (χ3n) is 1.59. The van der Waals surface area contributed by atoms with Crippen LogP contribution in [0, 0.1) is 0 Å². The van der Waals surface area contributed by atoms with Crippen molar-refractivity contribution in [2.24, 2.45) is 0 Å². The van der Waals surface area contributed by atoms with E-state index >= 15 is 0 Å². The third kappa shape index (κ3) is 11.6. The molecule has 0 N–H and O–H groups in total. The van der Waals surface area contributed by atoms with Crippen molar-refractivity contribution >= 4 is 65.4 Å². The maximum Gasteiger partial charge on any atom is 0.105 e. The maximum atomic E-state index is 5.61. The molecule has 0 rings (SSSR count). The van der Waals surface area contributed by atoms with Gasteiger partial charge in [0.2, 0.25) is 0 Å². The van der Waals surface area contributed by atoms with E-state index in [-0.39, 0.29) is 28.7 Å². The smallest absolute Gasteiger partial charge is 0.105 e. The molecule has 0 fully saturated rings. The lowest BCUT2D eigenvalue weighted by Crippen LogP contribution is -2.00. The standard InChI is InChI=1S/C6H14Cl4Si2/c7-5(8)3-11-1-2-12-4-6(9)10/h5-6H,1-4,11-12H2. The van der Waals surface area contributed by atoms with Gasteiger partial charge < -0.3 is 0 Å². The quantitative estimate of drug-likeness (QED) is 0.383. The van der Waals surface area contributed by atoms with E-state index in [1.54, 1.807) is 0 Å². The van der Waals surface area contributed by atoms with E-state index < -0.39 is 0 Å². The number of hydrogen-bond acceptors (Lipinski definition) is 0. The molecular formula is C6H14Cl4Si2. The Morgan fingerprint density at radius 1 is 0.750 bits per heavy atom. The summed E-state index contributed by atoms with van der Waals surface area (Å²) in [5.41, 5.74) is 0. The fourth-order valence-electron chi connectivity index (χ4n) is 0.951. The van der Waals surface area contributed by atoms with Crippen molar-refractivity contribution in [3.8, 4) is 0 Å². The Labute approximate surface area is 98.9 Å². The molecule has 0 nitrogen and oxygen atoms in total. The Bertz CT molecular complexity index is 87.5. The van der Waals surface area contributed by atoms with Crippen LogP contribution in [-0.4, -0.2) is 28.7 Å². The van der Waals surface area contributed by atoms with Crippen LogP contribution in [0.3, 0.4) is 0 Å². The first-order valence-electron chi connectivity index (χ1n) is 4.19. The van der Waals surface area contributed by atoms with Gasteiger partial charge in [-0.15, -0.1) is 46.4 Å². The zero-order valence-corrected chi connectivity index (χ0v) is 12.8. The zero-order chi connectivity index (χ0) is 9.40. The van der Waals surface area contributed by atoms with Gasteiger partial charge in [0.25, 0.3) is 0 Å². The molecule has 0 saturated heterocycles. The van der Waals surface area contributed by atoms with Gasteiger partial charge >= 0.3 is 0 Å². The highest BCUT2D eigenvalue weighted by molar-refractivity contribution is 6.52. The van der Waals surface area contributed by atoms with Gasteiger partial charge in [-0.3, -0.25) is 0 Å². The van der Waals surface area contributed by atoms with Gasteiger partial charge in [-0.1, -0.05) is 12.1 Å². The Morgan fingerprint density at radius 2 is 1.08 bits per heavy atom. The Morgan fingerprint density at radius 3 is 1.33 bits per heavy atom. The second-order valence-electron chi connectivity index (χ2n) is 2.77. The second kappa shape index (κ2) is 9.16. The lowest BCUT2D eigenvalue weighted by Gasteiger charge is -2.01. The van der Waals surface area contributed by atoms with Crippen molar-refractivity contribution in [3.05, 3.63) is 0 Å². The predicted octanol–water partition coefficient (Wildman–Crippen LogP) is 2.60. The van der Waals surface area contributed by atoms with Crippen LogP contribution in [0.2, 0.25) is 24.2 Å². The molecule has 0 aromatic rings. The van der Waals surface area contributed by atoms with Crippen molar-refractivity contribution in [1.29, 1.82) is 0 Å². The Kier molecular flexibility index (Phi) is 10.4. The molecule has 0 saturated carbocycles. The van der Waals surface area contributed by atoms with Crippen LogP contribution < -0.4 is 0 Å². The molecule has 74 valence electrons. The Hall–Kier alpha value is 1.59. The summed E-state index contributed by atoms with van der Waals surface area (Å²) in [4.78, 5) is -0.265. The molecule has 6 heteroatoms. The summed E-state index contributed by atoms with van der Waals surface area (Å²) in [5.74, 6) is 0. The number of alkyl halides is 4. The molecule has 12 heavy (non-hydrogen) atoms. The van der Waals surface area contributed by atoms with Gasteiger partial charge in [-0.2, -0.15) is 0 Å². The first kappa shape index (κ1) is 13.6. The summed E-state index contributed by atoms with van der Waals surface area (Å²) < 4.78 is 0. The van der Waals surface area contributed by atoms with Crippen LogP contribution in [0.1, 0.15) is 0 Å². The van der Waals surface area contributed by atoms with Gasteiger partial charge in [0.15, 0.2) is 0 Å². The molecular weight excluding hydrogens is 270 g/mol. The van der Waals surface area contributed by atoms with Gasteiger partial charge in [0, 0.05) is 19.0 Å². The number of rotatable bonds is 7. The van der Waals surface area contributed by atoms with Crippen LogP contribution >= 0.6 is 46.4 Å². The highest BCUT2D eigenvalue weighted by atomic mass is 35.5. The fourth-order valence-corrected chi connectivity index (χ4v) is 6.83. The highest BCUT2D eigenvalue weighted by Crippen LogP contribution is 2.11. The lowest BCUT2D eigenvalue weighted by molar-refractivity contribution is 1.26.